The SMILES string of the molecule is Cc1ccc(C2CC(O)CC(C)O2)cc1C(C)(C)c1cc2ccccc2s1. The second-order valence-corrected chi connectivity index (χ2v) is 9.49. The largest absolute Gasteiger partial charge is 0.393 e. The van der Waals surface area contributed by atoms with Gasteiger partial charge in [0.05, 0.1) is 18.3 Å². The molecule has 0 spiro atoms. The number of rotatable bonds is 3. The number of ether oxygens (including phenoxy) is 1. The summed E-state index contributed by atoms with van der Waals surface area (Å²) >= 11 is 1.88. The standard InChI is InChI=1S/C24H28O2S/c1-15-9-10-17(21-14-19(25)11-16(2)26-21)12-20(15)24(3,4)23-13-18-7-5-6-8-22(18)27-23/h5-10,12-13,16,19,21,25H,11,14H2,1-4H3. The van der Waals surface area contributed by atoms with E-state index in [1.807, 2.05) is 18.3 Å². The van der Waals surface area contributed by atoms with Gasteiger partial charge in [0, 0.05) is 21.4 Å². The fourth-order valence-electron chi connectivity index (χ4n) is 4.27. The van der Waals surface area contributed by atoms with Gasteiger partial charge < -0.3 is 9.84 Å². The molecule has 142 valence electrons. The number of thiophene rings is 1. The smallest absolute Gasteiger partial charge is 0.0853 e. The average Bonchev–Trinajstić information content (AvgIpc) is 3.06. The summed E-state index contributed by atoms with van der Waals surface area (Å²) in [4.78, 5) is 1.38. The molecule has 0 saturated carbocycles. The van der Waals surface area contributed by atoms with Crippen molar-refractivity contribution in [3.05, 3.63) is 70.1 Å². The van der Waals surface area contributed by atoms with Crippen molar-refractivity contribution in [1.29, 1.82) is 0 Å². The van der Waals surface area contributed by atoms with Gasteiger partial charge in [-0.2, -0.15) is 0 Å². The Balaban J connectivity index is 1.73. The van der Waals surface area contributed by atoms with Crippen molar-refractivity contribution in [2.24, 2.45) is 0 Å². The van der Waals surface area contributed by atoms with Crippen LogP contribution in [0.1, 0.15) is 61.3 Å². The van der Waals surface area contributed by atoms with E-state index in [0.29, 0.717) is 6.42 Å². The van der Waals surface area contributed by atoms with Gasteiger partial charge in [-0.05, 0) is 54.5 Å². The Labute approximate surface area is 165 Å². The molecule has 1 aliphatic rings. The van der Waals surface area contributed by atoms with E-state index in [9.17, 15) is 5.11 Å². The van der Waals surface area contributed by atoms with Crippen LogP contribution in [0.4, 0.5) is 0 Å². The number of hydrogen-bond donors (Lipinski definition) is 1. The summed E-state index contributed by atoms with van der Waals surface area (Å²) in [5.74, 6) is 0. The summed E-state index contributed by atoms with van der Waals surface area (Å²) in [6.45, 7) is 8.85. The van der Waals surface area contributed by atoms with Gasteiger partial charge in [0.15, 0.2) is 0 Å². The van der Waals surface area contributed by atoms with Crippen LogP contribution in [0.2, 0.25) is 0 Å². The highest BCUT2D eigenvalue weighted by molar-refractivity contribution is 7.19. The molecule has 3 aromatic rings. The monoisotopic (exact) mass is 380 g/mol. The van der Waals surface area contributed by atoms with Gasteiger partial charge in [-0.1, -0.05) is 50.2 Å². The van der Waals surface area contributed by atoms with Crippen LogP contribution in [0.25, 0.3) is 10.1 Å². The Morgan fingerprint density at radius 2 is 1.85 bits per heavy atom. The second kappa shape index (κ2) is 7.05. The first-order chi connectivity index (χ1) is 12.8. The van der Waals surface area contributed by atoms with Gasteiger partial charge >= 0.3 is 0 Å². The minimum absolute atomic E-state index is 0.0266. The van der Waals surface area contributed by atoms with Crippen molar-refractivity contribution in [1.82, 2.24) is 0 Å². The maximum atomic E-state index is 10.2. The van der Waals surface area contributed by atoms with E-state index in [1.54, 1.807) is 0 Å². The lowest BCUT2D eigenvalue weighted by atomic mass is 9.79. The average molecular weight is 381 g/mol. The Morgan fingerprint density at radius 3 is 2.59 bits per heavy atom. The van der Waals surface area contributed by atoms with Crippen molar-refractivity contribution in [3.63, 3.8) is 0 Å². The maximum Gasteiger partial charge on any atom is 0.0853 e. The molecule has 0 bridgehead atoms. The molecule has 2 aromatic carbocycles. The summed E-state index contributed by atoms with van der Waals surface area (Å²) < 4.78 is 7.48. The molecule has 0 amide bonds. The van der Waals surface area contributed by atoms with Crippen molar-refractivity contribution in [2.45, 2.75) is 64.3 Å². The van der Waals surface area contributed by atoms with Crippen LogP contribution in [0.15, 0.2) is 48.5 Å². The lowest BCUT2D eigenvalue weighted by molar-refractivity contribution is -0.0895. The zero-order valence-electron chi connectivity index (χ0n) is 16.5. The Bertz CT molecular complexity index is 913. The van der Waals surface area contributed by atoms with Gasteiger partial charge in [0.25, 0.3) is 0 Å². The van der Waals surface area contributed by atoms with Crippen molar-refractivity contribution < 1.29 is 9.84 Å². The number of hydrogen-bond acceptors (Lipinski definition) is 3. The van der Waals surface area contributed by atoms with Crippen molar-refractivity contribution in [3.8, 4) is 0 Å². The summed E-state index contributed by atoms with van der Waals surface area (Å²) in [5, 5.41) is 11.5. The van der Waals surface area contributed by atoms with Gasteiger partial charge in [-0.3, -0.25) is 0 Å². The maximum absolute atomic E-state index is 10.2. The predicted molar refractivity (Wildman–Crippen MR) is 114 cm³/mol. The van der Waals surface area contributed by atoms with Crippen LogP contribution >= 0.6 is 11.3 Å². The highest BCUT2D eigenvalue weighted by Crippen LogP contribution is 2.41. The molecule has 2 heterocycles. The molecule has 0 radical (unpaired) electrons. The molecule has 1 aliphatic heterocycles. The van der Waals surface area contributed by atoms with Crippen LogP contribution in [-0.4, -0.2) is 17.3 Å². The Hall–Kier alpha value is -1.68. The van der Waals surface area contributed by atoms with Crippen LogP contribution in [-0.2, 0) is 10.2 Å². The molecule has 3 atom stereocenters. The molecular weight excluding hydrogens is 352 g/mol. The third kappa shape index (κ3) is 3.56. The predicted octanol–water partition coefficient (Wildman–Crippen LogP) is 6.14. The first-order valence-electron chi connectivity index (χ1n) is 9.78. The van der Waals surface area contributed by atoms with E-state index in [0.717, 1.165) is 6.42 Å². The Kier molecular flexibility index (Phi) is 4.87. The van der Waals surface area contributed by atoms with E-state index in [2.05, 4.69) is 69.3 Å². The van der Waals surface area contributed by atoms with Crippen LogP contribution in [0, 0.1) is 6.92 Å². The van der Waals surface area contributed by atoms with Crippen molar-refractivity contribution in [2.75, 3.05) is 0 Å². The fraction of sp³-hybridized carbons (Fsp3) is 0.417. The second-order valence-electron chi connectivity index (χ2n) is 8.41. The molecule has 1 aromatic heterocycles. The molecule has 4 rings (SSSR count). The van der Waals surface area contributed by atoms with Gasteiger partial charge in [-0.25, -0.2) is 0 Å². The highest BCUT2D eigenvalue weighted by Gasteiger charge is 2.31. The Morgan fingerprint density at radius 1 is 1.07 bits per heavy atom. The van der Waals surface area contributed by atoms with E-state index < -0.39 is 0 Å². The number of aryl methyl sites for hydroxylation is 1. The van der Waals surface area contributed by atoms with Gasteiger partial charge in [-0.15, -0.1) is 11.3 Å². The number of benzene rings is 2. The topological polar surface area (TPSA) is 29.5 Å². The molecule has 1 fully saturated rings. The molecule has 0 aliphatic carbocycles. The zero-order valence-corrected chi connectivity index (χ0v) is 17.3. The highest BCUT2D eigenvalue weighted by atomic mass is 32.1. The molecule has 27 heavy (non-hydrogen) atoms. The first kappa shape index (κ1) is 18.7. The van der Waals surface area contributed by atoms with Crippen LogP contribution in [0.5, 0.6) is 0 Å². The minimum atomic E-state index is -0.279. The van der Waals surface area contributed by atoms with E-state index >= 15 is 0 Å². The summed E-state index contributed by atoms with van der Waals surface area (Å²) in [5.41, 5.74) is 3.73. The summed E-state index contributed by atoms with van der Waals surface area (Å²) in [6.07, 6.45) is 1.19. The normalized spacial score (nSPS) is 23.7. The number of aliphatic hydroxyl groups is 1. The van der Waals surface area contributed by atoms with Crippen LogP contribution < -0.4 is 0 Å². The molecule has 3 heteroatoms. The molecule has 1 saturated heterocycles. The molecular formula is C24H28O2S. The van der Waals surface area contributed by atoms with E-state index in [1.165, 1.54) is 31.7 Å². The lowest BCUT2D eigenvalue weighted by Crippen LogP contribution is -2.29. The zero-order chi connectivity index (χ0) is 19.2. The fourth-order valence-corrected chi connectivity index (χ4v) is 5.45. The molecule has 1 N–H and O–H groups in total. The van der Waals surface area contributed by atoms with Gasteiger partial charge in [0.1, 0.15) is 0 Å². The quantitative estimate of drug-likeness (QED) is 0.592. The van der Waals surface area contributed by atoms with Crippen molar-refractivity contribution >= 4 is 21.4 Å². The first-order valence-corrected chi connectivity index (χ1v) is 10.6. The third-order valence-corrected chi connectivity index (χ3v) is 7.27. The van der Waals surface area contributed by atoms with Gasteiger partial charge in [0.2, 0.25) is 0 Å². The summed E-state index contributed by atoms with van der Waals surface area (Å²) in [7, 11) is 0. The van der Waals surface area contributed by atoms with E-state index in [-0.39, 0.29) is 23.7 Å². The lowest BCUT2D eigenvalue weighted by Gasteiger charge is -2.33. The summed E-state index contributed by atoms with van der Waals surface area (Å²) in [6, 6.07) is 17.6. The van der Waals surface area contributed by atoms with Crippen LogP contribution in [0.3, 0.4) is 0 Å². The number of fused-ring (bicyclic) bond motifs is 1. The molecule has 2 nitrogen and oxygen atoms in total. The minimum Gasteiger partial charge on any atom is -0.393 e. The third-order valence-electron chi connectivity index (χ3n) is 5.84. The molecule has 3 unspecified atom stereocenters. The van der Waals surface area contributed by atoms with E-state index in [4.69, 9.17) is 4.74 Å². The number of aliphatic hydroxyl groups excluding tert-OH is 1.